The van der Waals surface area contributed by atoms with Gasteiger partial charge in [0.05, 0.1) is 26.3 Å². The number of nitrogens with zero attached hydrogens (tertiary/aromatic N) is 1. The molecule has 1 amide bonds. The highest BCUT2D eigenvalue weighted by molar-refractivity contribution is 6.30. The Bertz CT molecular complexity index is 938. The molecule has 3 rings (SSSR count). The zero-order chi connectivity index (χ0) is 19.9. The van der Waals surface area contributed by atoms with Crippen molar-refractivity contribution in [3.63, 3.8) is 0 Å². The van der Waals surface area contributed by atoms with Gasteiger partial charge >= 0.3 is 0 Å². The van der Waals surface area contributed by atoms with Gasteiger partial charge in [0.1, 0.15) is 0 Å². The molecule has 1 heterocycles. The van der Waals surface area contributed by atoms with Crippen molar-refractivity contribution in [3.05, 3.63) is 64.8 Å². The molecule has 6 nitrogen and oxygen atoms in total. The van der Waals surface area contributed by atoms with E-state index < -0.39 is 0 Å². The number of methoxy groups -OCH3 is 2. The second-order valence-corrected chi connectivity index (χ2v) is 6.59. The van der Waals surface area contributed by atoms with Crippen molar-refractivity contribution in [2.24, 2.45) is 0 Å². The predicted molar refractivity (Wildman–Crippen MR) is 107 cm³/mol. The number of ether oxygens (including phenoxy) is 2. The summed E-state index contributed by atoms with van der Waals surface area (Å²) in [5.41, 5.74) is 2.48. The summed E-state index contributed by atoms with van der Waals surface area (Å²) in [5, 5.41) is 7.51. The van der Waals surface area contributed by atoms with Crippen LogP contribution in [-0.2, 0) is 17.6 Å². The Morgan fingerprint density at radius 1 is 1.07 bits per heavy atom. The van der Waals surface area contributed by atoms with Crippen LogP contribution in [0.25, 0.3) is 11.3 Å². The van der Waals surface area contributed by atoms with Gasteiger partial charge in [-0.1, -0.05) is 22.8 Å². The SMILES string of the molecule is COc1ccc(CCNC(=O)Cc2cc(-c3ccc(Cl)cc3)on2)cc1OC. The highest BCUT2D eigenvalue weighted by atomic mass is 35.5. The lowest BCUT2D eigenvalue weighted by Crippen LogP contribution is -2.27. The van der Waals surface area contributed by atoms with E-state index in [1.165, 1.54) is 0 Å². The zero-order valence-corrected chi connectivity index (χ0v) is 16.5. The molecule has 3 aromatic rings. The number of carbonyl (C=O) groups is 1. The third-order valence-corrected chi connectivity index (χ3v) is 4.47. The zero-order valence-electron chi connectivity index (χ0n) is 15.7. The summed E-state index contributed by atoms with van der Waals surface area (Å²) in [6.45, 7) is 0.510. The topological polar surface area (TPSA) is 73.6 Å². The Morgan fingerprint density at radius 3 is 2.54 bits per heavy atom. The second kappa shape index (κ2) is 9.28. The van der Waals surface area contributed by atoms with E-state index in [9.17, 15) is 4.79 Å². The lowest BCUT2D eigenvalue weighted by molar-refractivity contribution is -0.120. The van der Waals surface area contributed by atoms with Crippen molar-refractivity contribution in [3.8, 4) is 22.8 Å². The lowest BCUT2D eigenvalue weighted by atomic mass is 10.1. The fraction of sp³-hybridized carbons (Fsp3) is 0.238. The number of nitrogens with one attached hydrogen (secondary N) is 1. The number of rotatable bonds is 8. The molecular formula is C21H21ClN2O4. The van der Waals surface area contributed by atoms with E-state index in [1.807, 2.05) is 30.3 Å². The van der Waals surface area contributed by atoms with Gasteiger partial charge in [-0.15, -0.1) is 0 Å². The maximum Gasteiger partial charge on any atom is 0.226 e. The first-order valence-electron chi connectivity index (χ1n) is 8.78. The summed E-state index contributed by atoms with van der Waals surface area (Å²) in [6, 6.07) is 14.7. The van der Waals surface area contributed by atoms with E-state index in [-0.39, 0.29) is 12.3 Å². The molecule has 1 N–H and O–H groups in total. The first-order chi connectivity index (χ1) is 13.6. The minimum Gasteiger partial charge on any atom is -0.493 e. The number of amides is 1. The third-order valence-electron chi connectivity index (χ3n) is 4.21. The van der Waals surface area contributed by atoms with Crippen LogP contribution in [-0.4, -0.2) is 31.8 Å². The fourth-order valence-corrected chi connectivity index (χ4v) is 2.88. The number of hydrogen-bond donors (Lipinski definition) is 1. The fourth-order valence-electron chi connectivity index (χ4n) is 2.75. The maximum atomic E-state index is 12.2. The minimum atomic E-state index is -0.114. The van der Waals surface area contributed by atoms with Crippen LogP contribution in [0.2, 0.25) is 5.02 Å². The van der Waals surface area contributed by atoms with Crippen LogP contribution in [0.1, 0.15) is 11.3 Å². The van der Waals surface area contributed by atoms with Crippen molar-refractivity contribution in [1.82, 2.24) is 10.5 Å². The van der Waals surface area contributed by atoms with E-state index >= 15 is 0 Å². The van der Waals surface area contributed by atoms with Crippen LogP contribution in [0.4, 0.5) is 0 Å². The number of carbonyl (C=O) groups excluding carboxylic acids is 1. The molecule has 0 aliphatic heterocycles. The number of halogens is 1. The Kier molecular flexibility index (Phi) is 6.55. The van der Waals surface area contributed by atoms with Crippen molar-refractivity contribution in [1.29, 1.82) is 0 Å². The Balaban J connectivity index is 1.50. The Morgan fingerprint density at radius 2 is 1.82 bits per heavy atom. The summed E-state index contributed by atoms with van der Waals surface area (Å²) in [6.07, 6.45) is 0.837. The van der Waals surface area contributed by atoms with Gasteiger partial charge in [-0.05, 0) is 48.4 Å². The number of benzene rings is 2. The largest absolute Gasteiger partial charge is 0.493 e. The maximum absolute atomic E-state index is 12.2. The van der Waals surface area contributed by atoms with E-state index in [2.05, 4.69) is 10.5 Å². The van der Waals surface area contributed by atoms with Gasteiger partial charge < -0.3 is 19.3 Å². The number of aromatic nitrogens is 1. The van der Waals surface area contributed by atoms with Crippen LogP contribution >= 0.6 is 11.6 Å². The minimum absolute atomic E-state index is 0.114. The van der Waals surface area contributed by atoms with Crippen LogP contribution < -0.4 is 14.8 Å². The van der Waals surface area contributed by atoms with Gasteiger partial charge in [-0.25, -0.2) is 0 Å². The molecular weight excluding hydrogens is 380 g/mol. The predicted octanol–water partition coefficient (Wildman–Crippen LogP) is 3.91. The Labute approximate surface area is 168 Å². The Hall–Kier alpha value is -2.99. The molecule has 2 aromatic carbocycles. The summed E-state index contributed by atoms with van der Waals surface area (Å²) < 4.78 is 15.8. The average Bonchev–Trinajstić information content (AvgIpc) is 3.16. The van der Waals surface area contributed by atoms with Gasteiger partial charge in [-0.3, -0.25) is 4.79 Å². The lowest BCUT2D eigenvalue weighted by Gasteiger charge is -2.10. The molecule has 0 radical (unpaired) electrons. The van der Waals surface area contributed by atoms with Gasteiger partial charge in [-0.2, -0.15) is 0 Å². The summed E-state index contributed by atoms with van der Waals surface area (Å²) in [5.74, 6) is 1.84. The molecule has 0 saturated carbocycles. The molecule has 28 heavy (non-hydrogen) atoms. The smallest absolute Gasteiger partial charge is 0.226 e. The van der Waals surface area contributed by atoms with Crippen LogP contribution in [0, 0.1) is 0 Å². The molecule has 0 aliphatic carbocycles. The normalized spacial score (nSPS) is 10.5. The highest BCUT2D eigenvalue weighted by Crippen LogP contribution is 2.27. The number of hydrogen-bond acceptors (Lipinski definition) is 5. The van der Waals surface area contributed by atoms with Gasteiger partial charge in [0.15, 0.2) is 17.3 Å². The van der Waals surface area contributed by atoms with E-state index in [0.29, 0.717) is 40.9 Å². The molecule has 0 saturated heterocycles. The molecule has 0 bridgehead atoms. The van der Waals surface area contributed by atoms with Gasteiger partial charge in [0, 0.05) is 23.2 Å². The highest BCUT2D eigenvalue weighted by Gasteiger charge is 2.11. The molecule has 0 unspecified atom stereocenters. The van der Waals surface area contributed by atoms with Crippen molar-refractivity contribution >= 4 is 17.5 Å². The molecule has 146 valence electrons. The second-order valence-electron chi connectivity index (χ2n) is 6.16. The molecule has 1 aromatic heterocycles. The third kappa shape index (κ3) is 5.04. The van der Waals surface area contributed by atoms with Gasteiger partial charge in [0.25, 0.3) is 0 Å². The van der Waals surface area contributed by atoms with E-state index in [1.54, 1.807) is 32.4 Å². The monoisotopic (exact) mass is 400 g/mol. The first kappa shape index (κ1) is 19.8. The summed E-state index contributed by atoms with van der Waals surface area (Å²) in [4.78, 5) is 12.2. The average molecular weight is 401 g/mol. The van der Waals surface area contributed by atoms with Crippen LogP contribution in [0.5, 0.6) is 11.5 Å². The summed E-state index contributed by atoms with van der Waals surface area (Å²) in [7, 11) is 3.19. The summed E-state index contributed by atoms with van der Waals surface area (Å²) >= 11 is 5.89. The van der Waals surface area contributed by atoms with Crippen molar-refractivity contribution < 1.29 is 18.8 Å². The van der Waals surface area contributed by atoms with Crippen molar-refractivity contribution in [2.45, 2.75) is 12.8 Å². The molecule has 0 aliphatic rings. The standard InChI is InChI=1S/C21H21ClN2O4/c1-26-18-8-3-14(11-20(18)27-2)9-10-23-21(25)13-17-12-19(28-24-17)15-4-6-16(22)7-5-15/h3-8,11-12H,9-10,13H2,1-2H3,(H,23,25). The molecule has 0 atom stereocenters. The molecule has 0 fully saturated rings. The molecule has 0 spiro atoms. The van der Waals surface area contributed by atoms with Crippen LogP contribution in [0.15, 0.2) is 53.1 Å². The molecule has 7 heteroatoms. The first-order valence-corrected chi connectivity index (χ1v) is 9.16. The van der Waals surface area contributed by atoms with Crippen LogP contribution in [0.3, 0.4) is 0 Å². The van der Waals surface area contributed by atoms with Gasteiger partial charge in [0.2, 0.25) is 5.91 Å². The van der Waals surface area contributed by atoms with E-state index in [0.717, 1.165) is 11.1 Å². The van der Waals surface area contributed by atoms with E-state index in [4.69, 9.17) is 25.6 Å². The quantitative estimate of drug-likeness (QED) is 0.620. The van der Waals surface area contributed by atoms with Crippen molar-refractivity contribution in [2.75, 3.05) is 20.8 Å².